The molecule has 0 heterocycles. The van der Waals surface area contributed by atoms with E-state index in [0.29, 0.717) is 0 Å². The first kappa shape index (κ1) is 16.6. The summed E-state index contributed by atoms with van der Waals surface area (Å²) in [6.07, 6.45) is -5.03. The number of carbonyl (C=O) groups excluding carboxylic acids is 2. The SMILES string of the molecule is COc1cc2c(cc1OC)C(NC(=O)C(F)(F)F)C(Br)C2=O. The molecule has 0 saturated carbocycles. The number of Topliss-reactive ketones (excluding diaryl/α,β-unsaturated/α-hetero) is 1. The lowest BCUT2D eigenvalue weighted by atomic mass is 10.1. The molecule has 0 saturated heterocycles. The maximum atomic E-state index is 12.4. The van der Waals surface area contributed by atoms with Crippen molar-refractivity contribution in [1.82, 2.24) is 5.32 Å². The minimum atomic E-state index is -5.03. The first-order valence-electron chi connectivity index (χ1n) is 6.02. The van der Waals surface area contributed by atoms with Crippen LogP contribution in [0.5, 0.6) is 11.5 Å². The van der Waals surface area contributed by atoms with E-state index in [-0.39, 0.29) is 22.6 Å². The van der Waals surface area contributed by atoms with Crippen molar-refractivity contribution in [2.75, 3.05) is 14.2 Å². The molecule has 2 rings (SSSR count). The van der Waals surface area contributed by atoms with Crippen LogP contribution >= 0.6 is 15.9 Å². The largest absolute Gasteiger partial charge is 0.493 e. The van der Waals surface area contributed by atoms with E-state index >= 15 is 0 Å². The van der Waals surface area contributed by atoms with Crippen molar-refractivity contribution in [2.45, 2.75) is 17.0 Å². The number of hydrogen-bond acceptors (Lipinski definition) is 4. The Labute approximate surface area is 131 Å². The van der Waals surface area contributed by atoms with E-state index in [1.54, 1.807) is 0 Å². The Kier molecular flexibility index (Phi) is 4.37. The molecule has 0 fully saturated rings. The van der Waals surface area contributed by atoms with Crippen molar-refractivity contribution in [3.8, 4) is 11.5 Å². The molecule has 1 aliphatic rings. The number of ketones is 1. The van der Waals surface area contributed by atoms with Gasteiger partial charge in [-0.05, 0) is 17.7 Å². The zero-order chi connectivity index (χ0) is 16.7. The summed E-state index contributed by atoms with van der Waals surface area (Å²) < 4.78 is 47.4. The first-order valence-corrected chi connectivity index (χ1v) is 6.94. The summed E-state index contributed by atoms with van der Waals surface area (Å²) in [5.74, 6) is -2.03. The average Bonchev–Trinajstić information content (AvgIpc) is 2.69. The Morgan fingerprint density at radius 3 is 2.27 bits per heavy atom. The van der Waals surface area contributed by atoms with Gasteiger partial charge in [-0.3, -0.25) is 9.59 Å². The summed E-state index contributed by atoms with van der Waals surface area (Å²) >= 11 is 3.03. The molecule has 0 radical (unpaired) electrons. The lowest BCUT2D eigenvalue weighted by molar-refractivity contribution is -0.174. The third kappa shape index (κ3) is 2.77. The second-order valence-corrected chi connectivity index (χ2v) is 5.50. The molecule has 9 heteroatoms. The minimum Gasteiger partial charge on any atom is -0.493 e. The molecule has 2 unspecified atom stereocenters. The number of ether oxygens (including phenoxy) is 2. The number of amides is 1. The molecular weight excluding hydrogens is 371 g/mol. The number of fused-ring (bicyclic) bond motifs is 1. The van der Waals surface area contributed by atoms with E-state index in [0.717, 1.165) is 0 Å². The Morgan fingerprint density at radius 1 is 1.23 bits per heavy atom. The second-order valence-electron chi connectivity index (χ2n) is 4.51. The fourth-order valence-corrected chi connectivity index (χ4v) is 2.86. The quantitative estimate of drug-likeness (QED) is 0.816. The lowest BCUT2D eigenvalue weighted by Crippen LogP contribution is -2.41. The van der Waals surface area contributed by atoms with E-state index in [1.165, 1.54) is 26.4 Å². The molecule has 1 amide bonds. The van der Waals surface area contributed by atoms with Crippen molar-refractivity contribution >= 4 is 27.6 Å². The highest BCUT2D eigenvalue weighted by molar-refractivity contribution is 9.10. The summed E-state index contributed by atoms with van der Waals surface area (Å²) in [5.41, 5.74) is 0.411. The van der Waals surface area contributed by atoms with Crippen LogP contribution < -0.4 is 14.8 Å². The molecule has 22 heavy (non-hydrogen) atoms. The van der Waals surface area contributed by atoms with Gasteiger partial charge >= 0.3 is 12.1 Å². The summed E-state index contributed by atoms with van der Waals surface area (Å²) in [6, 6.07) is 1.62. The van der Waals surface area contributed by atoms with E-state index in [4.69, 9.17) is 9.47 Å². The van der Waals surface area contributed by atoms with Crippen LogP contribution in [0, 0.1) is 0 Å². The Bertz CT molecular complexity index is 632. The highest BCUT2D eigenvalue weighted by Gasteiger charge is 2.45. The number of benzene rings is 1. The monoisotopic (exact) mass is 381 g/mol. The summed E-state index contributed by atoms with van der Waals surface area (Å²) in [4.78, 5) is 22.3. The third-order valence-corrected chi connectivity index (χ3v) is 4.19. The number of halogens is 4. The van der Waals surface area contributed by atoms with Gasteiger partial charge < -0.3 is 14.8 Å². The summed E-state index contributed by atoms with van der Waals surface area (Å²) in [5, 5.41) is 1.82. The van der Waals surface area contributed by atoms with Crippen LogP contribution in [0.25, 0.3) is 0 Å². The molecule has 0 aliphatic heterocycles. The van der Waals surface area contributed by atoms with Gasteiger partial charge in [-0.1, -0.05) is 15.9 Å². The average molecular weight is 382 g/mol. The fourth-order valence-electron chi connectivity index (χ4n) is 2.20. The highest BCUT2D eigenvalue weighted by atomic mass is 79.9. The molecule has 120 valence electrons. The molecular formula is C13H11BrF3NO4. The normalized spacial score (nSPS) is 20.5. The van der Waals surface area contributed by atoms with Crippen molar-refractivity contribution < 1.29 is 32.2 Å². The third-order valence-electron chi connectivity index (χ3n) is 3.24. The van der Waals surface area contributed by atoms with Gasteiger partial charge in [0.25, 0.3) is 0 Å². The number of hydrogen-bond donors (Lipinski definition) is 1. The zero-order valence-corrected chi connectivity index (χ0v) is 13.0. The van der Waals surface area contributed by atoms with Gasteiger partial charge in [-0.15, -0.1) is 0 Å². The van der Waals surface area contributed by atoms with Gasteiger partial charge in [0.05, 0.1) is 20.3 Å². The Balaban J connectivity index is 2.45. The van der Waals surface area contributed by atoms with E-state index in [1.807, 2.05) is 5.32 Å². The first-order chi connectivity index (χ1) is 10.2. The second kappa shape index (κ2) is 5.79. The van der Waals surface area contributed by atoms with Crippen LogP contribution in [0.1, 0.15) is 22.0 Å². The van der Waals surface area contributed by atoms with Gasteiger partial charge in [0.2, 0.25) is 0 Å². The molecule has 1 aliphatic carbocycles. The predicted molar refractivity (Wildman–Crippen MR) is 73.5 cm³/mol. The van der Waals surface area contributed by atoms with Gasteiger partial charge in [0, 0.05) is 5.56 Å². The number of methoxy groups -OCH3 is 2. The topological polar surface area (TPSA) is 64.6 Å². The number of rotatable bonds is 3. The molecule has 5 nitrogen and oxygen atoms in total. The maximum Gasteiger partial charge on any atom is 0.471 e. The van der Waals surface area contributed by atoms with E-state index in [9.17, 15) is 22.8 Å². The van der Waals surface area contributed by atoms with Crippen LogP contribution in [-0.4, -0.2) is 36.9 Å². The van der Waals surface area contributed by atoms with Crippen molar-refractivity contribution in [1.29, 1.82) is 0 Å². The van der Waals surface area contributed by atoms with Gasteiger partial charge in [-0.2, -0.15) is 13.2 Å². The Morgan fingerprint density at radius 2 is 1.77 bits per heavy atom. The smallest absolute Gasteiger partial charge is 0.471 e. The molecule has 2 atom stereocenters. The molecule has 0 spiro atoms. The minimum absolute atomic E-state index is 0.173. The van der Waals surface area contributed by atoms with Crippen molar-refractivity contribution in [3.63, 3.8) is 0 Å². The predicted octanol–water partition coefficient (Wildman–Crippen LogP) is 2.38. The summed E-state index contributed by atoms with van der Waals surface area (Å²) in [6.45, 7) is 0. The zero-order valence-electron chi connectivity index (χ0n) is 11.5. The molecule has 1 N–H and O–H groups in total. The van der Waals surface area contributed by atoms with E-state index in [2.05, 4.69) is 15.9 Å². The molecule has 1 aromatic carbocycles. The lowest BCUT2D eigenvalue weighted by Gasteiger charge is -2.18. The molecule has 1 aromatic rings. The van der Waals surface area contributed by atoms with Crippen LogP contribution in [0.3, 0.4) is 0 Å². The number of nitrogens with one attached hydrogen (secondary N) is 1. The van der Waals surface area contributed by atoms with Gasteiger partial charge in [-0.25, -0.2) is 0 Å². The van der Waals surface area contributed by atoms with Crippen molar-refractivity contribution in [2.24, 2.45) is 0 Å². The van der Waals surface area contributed by atoms with Crippen LogP contribution in [-0.2, 0) is 4.79 Å². The standard InChI is InChI=1S/C13H11BrF3NO4/c1-21-7-3-5-6(4-8(7)22-2)11(19)9(14)10(5)18-12(20)13(15,16)17/h3-4,9-10H,1-2H3,(H,18,20). The van der Waals surface area contributed by atoms with Crippen LogP contribution in [0.2, 0.25) is 0 Å². The van der Waals surface area contributed by atoms with Crippen LogP contribution in [0.15, 0.2) is 12.1 Å². The Hall–Kier alpha value is -1.77. The van der Waals surface area contributed by atoms with Gasteiger partial charge in [0.1, 0.15) is 4.83 Å². The molecule has 0 bridgehead atoms. The highest BCUT2D eigenvalue weighted by Crippen LogP contribution is 2.42. The number of carbonyl (C=O) groups is 2. The van der Waals surface area contributed by atoms with Crippen molar-refractivity contribution in [3.05, 3.63) is 23.3 Å². The fraction of sp³-hybridized carbons (Fsp3) is 0.385. The van der Waals surface area contributed by atoms with Gasteiger partial charge in [0.15, 0.2) is 17.3 Å². The maximum absolute atomic E-state index is 12.4. The number of alkyl halides is 4. The summed E-state index contributed by atoms with van der Waals surface area (Å²) in [7, 11) is 2.73. The molecule has 0 aromatic heterocycles. The van der Waals surface area contributed by atoms with Crippen LogP contribution in [0.4, 0.5) is 13.2 Å². The van der Waals surface area contributed by atoms with E-state index < -0.39 is 28.7 Å².